The lowest BCUT2D eigenvalue weighted by Gasteiger charge is -2.11. The third-order valence-electron chi connectivity index (χ3n) is 5.29. The molecule has 1 aromatic carbocycles. The molecule has 3 aromatic rings. The number of Topliss-reactive ketones (excluding diaryl/α,β-unsaturated/α-hetero) is 1. The molecule has 10 heteroatoms. The van der Waals surface area contributed by atoms with Crippen molar-refractivity contribution < 1.29 is 32.5 Å². The number of carbonyl (C=O) groups is 1. The Balaban J connectivity index is 1.44. The fourth-order valence-electron chi connectivity index (χ4n) is 3.66. The number of aliphatic hydroxyl groups is 1. The Labute approximate surface area is 187 Å². The number of rotatable bonds is 9. The molecule has 0 radical (unpaired) electrons. The lowest BCUT2D eigenvalue weighted by Crippen LogP contribution is -2.17. The highest BCUT2D eigenvalue weighted by atomic mass is 19.4. The summed E-state index contributed by atoms with van der Waals surface area (Å²) in [5, 5.41) is 9.03. The van der Waals surface area contributed by atoms with Crippen LogP contribution in [0.4, 0.5) is 13.2 Å². The number of hydrogen-bond donors (Lipinski definition) is 1. The fourth-order valence-corrected chi connectivity index (χ4v) is 3.66. The number of hydrogen-bond acceptors (Lipinski definition) is 7. The van der Waals surface area contributed by atoms with Crippen LogP contribution in [0.15, 0.2) is 55.2 Å². The number of alkyl halides is 3. The number of ketones is 1. The Bertz CT molecular complexity index is 1110. The first-order chi connectivity index (χ1) is 15.8. The van der Waals surface area contributed by atoms with Gasteiger partial charge in [0.2, 0.25) is 5.88 Å². The predicted molar refractivity (Wildman–Crippen MR) is 111 cm³/mol. The van der Waals surface area contributed by atoms with Crippen LogP contribution in [-0.4, -0.2) is 45.4 Å². The third kappa shape index (κ3) is 5.83. The Hall–Kier alpha value is -3.53. The number of nitrogens with zero attached hydrogens (tertiary/aromatic N) is 3. The van der Waals surface area contributed by atoms with Gasteiger partial charge in [0.25, 0.3) is 0 Å². The van der Waals surface area contributed by atoms with Crippen molar-refractivity contribution in [1.82, 2.24) is 15.0 Å². The molecule has 7 nitrogen and oxygen atoms in total. The van der Waals surface area contributed by atoms with Crippen molar-refractivity contribution >= 4 is 5.78 Å². The molecule has 2 aromatic heterocycles. The first kappa shape index (κ1) is 22.7. The number of pyridine rings is 1. The zero-order valence-electron chi connectivity index (χ0n) is 17.3. The molecule has 0 spiro atoms. The number of aromatic nitrogens is 3. The summed E-state index contributed by atoms with van der Waals surface area (Å²) in [5.74, 6) is 0.0999. The van der Waals surface area contributed by atoms with Gasteiger partial charge in [0, 0.05) is 41.7 Å². The van der Waals surface area contributed by atoms with E-state index < -0.39 is 6.36 Å². The van der Waals surface area contributed by atoms with Gasteiger partial charge in [-0.2, -0.15) is 0 Å². The second-order valence-corrected chi connectivity index (χ2v) is 7.62. The van der Waals surface area contributed by atoms with Crippen LogP contribution in [0, 0.1) is 5.92 Å². The molecule has 2 atom stereocenters. The molecule has 33 heavy (non-hydrogen) atoms. The summed E-state index contributed by atoms with van der Waals surface area (Å²) in [7, 11) is 0. The Morgan fingerprint density at radius 2 is 1.85 bits per heavy atom. The summed E-state index contributed by atoms with van der Waals surface area (Å²) in [4.78, 5) is 25.1. The number of halogens is 3. The average molecular weight is 459 g/mol. The largest absolute Gasteiger partial charge is 0.573 e. The van der Waals surface area contributed by atoms with E-state index in [4.69, 9.17) is 9.84 Å². The van der Waals surface area contributed by atoms with Gasteiger partial charge in [-0.1, -0.05) is 12.1 Å². The summed E-state index contributed by atoms with van der Waals surface area (Å²) in [6.07, 6.45) is 2.30. The number of carbonyl (C=O) groups excluding carboxylic acids is 1. The van der Waals surface area contributed by atoms with Crippen molar-refractivity contribution in [3.8, 4) is 22.8 Å². The number of ether oxygens (including phenoxy) is 2. The van der Waals surface area contributed by atoms with E-state index in [-0.39, 0.29) is 48.9 Å². The van der Waals surface area contributed by atoms with Crippen molar-refractivity contribution in [2.75, 3.05) is 13.2 Å². The molecular formula is C23H20F3N3O4. The van der Waals surface area contributed by atoms with Crippen molar-refractivity contribution in [2.24, 2.45) is 5.92 Å². The smallest absolute Gasteiger partial charge is 0.475 e. The van der Waals surface area contributed by atoms with Crippen LogP contribution in [0.3, 0.4) is 0 Å². The summed E-state index contributed by atoms with van der Waals surface area (Å²) in [6, 6.07) is 7.42. The van der Waals surface area contributed by atoms with Crippen molar-refractivity contribution in [1.29, 1.82) is 0 Å². The van der Waals surface area contributed by atoms with Gasteiger partial charge in [-0.15, -0.1) is 13.2 Å². The molecule has 0 amide bonds. The summed E-state index contributed by atoms with van der Waals surface area (Å²) in [6.45, 7) is -0.128. The zero-order valence-corrected chi connectivity index (χ0v) is 17.3. The van der Waals surface area contributed by atoms with Gasteiger partial charge in [-0.25, -0.2) is 15.0 Å². The zero-order chi connectivity index (χ0) is 23.4. The molecule has 0 bridgehead atoms. The van der Waals surface area contributed by atoms with E-state index in [0.29, 0.717) is 16.7 Å². The Morgan fingerprint density at radius 3 is 2.52 bits per heavy atom. The van der Waals surface area contributed by atoms with Crippen LogP contribution in [0.25, 0.3) is 11.1 Å². The normalized spacial score (nSPS) is 17.5. The van der Waals surface area contributed by atoms with Gasteiger partial charge in [0.05, 0.1) is 6.61 Å². The summed E-state index contributed by atoms with van der Waals surface area (Å²) < 4.78 is 46.3. The maximum Gasteiger partial charge on any atom is 0.573 e. The first-order valence-corrected chi connectivity index (χ1v) is 10.2. The Kier molecular flexibility index (Phi) is 6.55. The molecule has 1 unspecified atom stereocenters. The minimum Gasteiger partial charge on any atom is -0.475 e. The van der Waals surface area contributed by atoms with Gasteiger partial charge >= 0.3 is 6.36 Å². The third-order valence-corrected chi connectivity index (χ3v) is 5.29. The van der Waals surface area contributed by atoms with E-state index in [1.165, 1.54) is 24.7 Å². The predicted octanol–water partition coefficient (Wildman–Crippen LogP) is 4.18. The maximum atomic E-state index is 12.9. The minimum absolute atomic E-state index is 0.0531. The van der Waals surface area contributed by atoms with E-state index in [0.717, 1.165) is 12.0 Å². The molecule has 1 N–H and O–H groups in total. The van der Waals surface area contributed by atoms with Crippen LogP contribution in [-0.2, 0) is 0 Å². The van der Waals surface area contributed by atoms with Gasteiger partial charge in [0.15, 0.2) is 5.78 Å². The summed E-state index contributed by atoms with van der Waals surface area (Å²) in [5.41, 5.74) is 2.45. The van der Waals surface area contributed by atoms with Crippen molar-refractivity contribution in [3.63, 3.8) is 0 Å². The van der Waals surface area contributed by atoms with E-state index in [9.17, 15) is 18.0 Å². The topological polar surface area (TPSA) is 94.4 Å². The molecule has 4 rings (SSSR count). The highest BCUT2D eigenvalue weighted by molar-refractivity contribution is 5.97. The first-order valence-electron chi connectivity index (χ1n) is 10.2. The highest BCUT2D eigenvalue weighted by Crippen LogP contribution is 2.50. The van der Waals surface area contributed by atoms with Crippen molar-refractivity contribution in [2.45, 2.75) is 25.1 Å². The molecule has 2 heterocycles. The molecule has 1 aliphatic carbocycles. The monoisotopic (exact) mass is 459 g/mol. The van der Waals surface area contributed by atoms with Crippen LogP contribution in [0.5, 0.6) is 11.6 Å². The fraction of sp³-hybridized carbons (Fsp3) is 0.304. The second kappa shape index (κ2) is 9.53. The van der Waals surface area contributed by atoms with Crippen LogP contribution < -0.4 is 9.47 Å². The lowest BCUT2D eigenvalue weighted by molar-refractivity contribution is -0.274. The van der Waals surface area contributed by atoms with E-state index >= 15 is 0 Å². The molecule has 0 aliphatic heterocycles. The average Bonchev–Trinajstić information content (AvgIpc) is 3.56. The van der Waals surface area contributed by atoms with Gasteiger partial charge < -0.3 is 14.6 Å². The molecular weight excluding hydrogens is 439 g/mol. The van der Waals surface area contributed by atoms with E-state index in [2.05, 4.69) is 19.7 Å². The molecule has 1 aliphatic rings. The van der Waals surface area contributed by atoms with E-state index in [1.807, 2.05) is 0 Å². The molecule has 1 saturated carbocycles. The van der Waals surface area contributed by atoms with E-state index in [1.54, 1.807) is 30.6 Å². The van der Waals surface area contributed by atoms with Crippen LogP contribution in [0.1, 0.15) is 34.7 Å². The molecule has 1 fully saturated rings. The number of benzene rings is 1. The van der Waals surface area contributed by atoms with Crippen LogP contribution in [0.2, 0.25) is 0 Å². The quantitative estimate of drug-likeness (QED) is 0.480. The lowest BCUT2D eigenvalue weighted by atomic mass is 10.0. The van der Waals surface area contributed by atoms with Gasteiger partial charge in [-0.3, -0.25) is 4.79 Å². The Morgan fingerprint density at radius 1 is 1.12 bits per heavy atom. The highest BCUT2D eigenvalue weighted by Gasteiger charge is 2.40. The van der Waals surface area contributed by atoms with Crippen molar-refractivity contribution in [3.05, 3.63) is 66.4 Å². The number of aliphatic hydroxyl groups excluding tert-OH is 1. The molecule has 172 valence electrons. The molecule has 0 saturated heterocycles. The van der Waals surface area contributed by atoms with Gasteiger partial charge in [-0.05, 0) is 42.0 Å². The maximum absolute atomic E-state index is 12.9. The van der Waals surface area contributed by atoms with Gasteiger partial charge in [0.1, 0.15) is 18.7 Å². The summed E-state index contributed by atoms with van der Waals surface area (Å²) >= 11 is 0. The SMILES string of the molecule is O=C(CC1C[C@H]1c1ccc(OC(F)(F)F)cc1)c1cnc(OCCO)c(-c2cncnc2)c1. The van der Waals surface area contributed by atoms with Crippen LogP contribution >= 0.6 is 0 Å². The standard InChI is InChI=1S/C23H20F3N3O4/c24-23(25,26)33-18-3-1-14(2-4-18)19-7-15(19)9-21(31)16-8-20(17-10-27-13-28-11-17)22(29-12-16)32-6-5-30/h1-4,8,10-13,15,19,30H,5-7,9H2/t15?,19-/m0/s1. The second-order valence-electron chi connectivity index (χ2n) is 7.62. The minimum atomic E-state index is -4.73.